The van der Waals surface area contributed by atoms with Gasteiger partial charge < -0.3 is 9.67 Å². The van der Waals surface area contributed by atoms with E-state index in [1.54, 1.807) is 17.5 Å². The number of nitrogens with zero attached hydrogens (tertiary/aromatic N) is 3. The minimum absolute atomic E-state index is 0. The van der Waals surface area contributed by atoms with Gasteiger partial charge in [0.25, 0.3) is 0 Å². The van der Waals surface area contributed by atoms with Crippen LogP contribution in [0.5, 0.6) is 5.75 Å². The number of phenols is 1. The molecule has 0 bridgehead atoms. The summed E-state index contributed by atoms with van der Waals surface area (Å²) in [7, 11) is 2.02. The Labute approximate surface area is 244 Å². The average Bonchev–Trinajstić information content (AvgIpc) is 3.45. The van der Waals surface area contributed by atoms with Crippen molar-refractivity contribution in [2.24, 2.45) is 7.05 Å². The van der Waals surface area contributed by atoms with Crippen LogP contribution >= 0.6 is 11.3 Å². The second-order valence-electron chi connectivity index (χ2n) is 9.62. The van der Waals surface area contributed by atoms with Gasteiger partial charge in [0.15, 0.2) is 0 Å². The molecule has 0 aliphatic heterocycles. The first-order chi connectivity index (χ1) is 18.5. The smallest absolute Gasteiger partial charge is 0.145 e. The molecule has 7 rings (SSSR count). The van der Waals surface area contributed by atoms with Gasteiger partial charge in [-0.3, -0.25) is 4.98 Å². The van der Waals surface area contributed by atoms with Crippen molar-refractivity contribution in [3.63, 3.8) is 0 Å². The van der Waals surface area contributed by atoms with Crippen LogP contribution in [0.3, 0.4) is 0 Å². The zero-order valence-electron chi connectivity index (χ0n) is 21.6. The van der Waals surface area contributed by atoms with E-state index in [1.807, 2.05) is 55.6 Å². The third kappa shape index (κ3) is 3.91. The Morgan fingerprint density at radius 1 is 0.846 bits per heavy atom. The van der Waals surface area contributed by atoms with E-state index in [0.29, 0.717) is 0 Å². The molecular weight excluding hydrogens is 682 g/mol. The Kier molecular flexibility index (Phi) is 6.37. The van der Waals surface area contributed by atoms with Crippen molar-refractivity contribution >= 4 is 43.2 Å². The van der Waals surface area contributed by atoms with Crippen LogP contribution in [-0.2, 0) is 28.1 Å². The molecule has 0 saturated carbocycles. The number of benzene rings is 4. The SMILES string of the molecule is Cc1sc2c(-c3nc4c(-c5[c-]c(-c6ccccn6)ccc5)cccc4n3C)c(O)c3ccccc3c2c1C.[Pt]. The van der Waals surface area contributed by atoms with Gasteiger partial charge in [0, 0.05) is 55.7 Å². The maximum absolute atomic E-state index is 11.6. The summed E-state index contributed by atoms with van der Waals surface area (Å²) in [5.74, 6) is 1.03. The van der Waals surface area contributed by atoms with E-state index in [9.17, 15) is 5.11 Å². The Bertz CT molecular complexity index is 2020. The molecule has 4 aromatic carbocycles. The molecule has 3 aromatic heterocycles. The topological polar surface area (TPSA) is 50.9 Å². The number of aryl methyl sites for hydroxylation is 3. The largest absolute Gasteiger partial charge is 0.506 e. The van der Waals surface area contributed by atoms with Crippen LogP contribution in [0.2, 0.25) is 0 Å². The normalized spacial score (nSPS) is 11.4. The molecule has 3 heterocycles. The molecule has 0 aliphatic rings. The number of pyridine rings is 1. The van der Waals surface area contributed by atoms with Gasteiger partial charge >= 0.3 is 0 Å². The minimum atomic E-state index is 0. The fourth-order valence-corrected chi connectivity index (χ4v) is 6.65. The number of para-hydroxylation sites is 1. The Morgan fingerprint density at radius 3 is 2.38 bits per heavy atom. The summed E-state index contributed by atoms with van der Waals surface area (Å²) in [6, 6.07) is 29.9. The Balaban J connectivity index is 0.00000277. The van der Waals surface area contributed by atoms with Crippen LogP contribution in [0.4, 0.5) is 0 Å². The molecule has 0 unspecified atom stereocenters. The summed E-state index contributed by atoms with van der Waals surface area (Å²) < 4.78 is 3.16. The molecular formula is C33H24N3OPtS-. The number of aromatic hydroxyl groups is 1. The van der Waals surface area contributed by atoms with Crippen molar-refractivity contribution in [2.45, 2.75) is 13.8 Å². The second kappa shape index (κ2) is 9.75. The summed E-state index contributed by atoms with van der Waals surface area (Å²) in [4.78, 5) is 10.9. The van der Waals surface area contributed by atoms with Crippen LogP contribution in [-0.4, -0.2) is 19.6 Å². The molecule has 1 N–H and O–H groups in total. The van der Waals surface area contributed by atoms with E-state index >= 15 is 0 Å². The first-order valence-corrected chi connectivity index (χ1v) is 13.4. The van der Waals surface area contributed by atoms with Crippen LogP contribution in [0, 0.1) is 19.9 Å². The first-order valence-electron chi connectivity index (χ1n) is 12.6. The molecule has 4 nitrogen and oxygen atoms in total. The maximum Gasteiger partial charge on any atom is 0.145 e. The van der Waals surface area contributed by atoms with E-state index in [0.717, 1.165) is 60.3 Å². The Hall–Kier alpha value is -3.79. The Morgan fingerprint density at radius 2 is 1.59 bits per heavy atom. The molecule has 6 heteroatoms. The average molecular weight is 706 g/mol. The molecule has 0 atom stereocenters. The van der Waals surface area contributed by atoms with Crippen LogP contribution in [0.25, 0.3) is 65.7 Å². The fourth-order valence-electron chi connectivity index (χ4n) is 5.44. The molecule has 7 aromatic rings. The number of phenolic OH excluding ortho intramolecular Hbond substituents is 1. The standard InChI is InChI=1S/C33H24N3OS.Pt/c1-19-20(2)38-32-28(19)24-12-4-5-13-25(24)31(37)29(32)33-35-30-23(14-9-16-27(30)36(33)3)21-10-8-11-22(18-21)26-15-6-7-17-34-26;/h4-17,37H,1-3H3;/q-1;. The van der Waals surface area contributed by atoms with E-state index in [-0.39, 0.29) is 26.8 Å². The number of fused-ring (bicyclic) bond motifs is 4. The predicted molar refractivity (Wildman–Crippen MR) is 158 cm³/mol. The first kappa shape index (κ1) is 25.5. The summed E-state index contributed by atoms with van der Waals surface area (Å²) in [6.45, 7) is 4.31. The predicted octanol–water partition coefficient (Wildman–Crippen LogP) is 8.46. The van der Waals surface area contributed by atoms with Crippen molar-refractivity contribution in [3.8, 4) is 39.5 Å². The van der Waals surface area contributed by atoms with Crippen molar-refractivity contribution in [1.82, 2.24) is 14.5 Å². The molecule has 0 spiro atoms. The van der Waals surface area contributed by atoms with E-state index in [1.165, 1.54) is 15.8 Å². The van der Waals surface area contributed by atoms with E-state index in [2.05, 4.69) is 59.8 Å². The summed E-state index contributed by atoms with van der Waals surface area (Å²) in [5, 5.41) is 14.8. The van der Waals surface area contributed by atoms with E-state index < -0.39 is 0 Å². The second-order valence-corrected chi connectivity index (χ2v) is 10.8. The molecule has 0 amide bonds. The van der Waals surface area contributed by atoms with Gasteiger partial charge in [0.05, 0.1) is 21.3 Å². The zero-order valence-corrected chi connectivity index (χ0v) is 24.7. The minimum Gasteiger partial charge on any atom is -0.506 e. The molecule has 39 heavy (non-hydrogen) atoms. The van der Waals surface area contributed by atoms with Crippen molar-refractivity contribution in [2.75, 3.05) is 0 Å². The van der Waals surface area contributed by atoms with Gasteiger partial charge in [-0.15, -0.1) is 41.2 Å². The molecule has 0 aliphatic carbocycles. The number of hydrogen-bond acceptors (Lipinski definition) is 4. The molecule has 0 saturated heterocycles. The van der Waals surface area contributed by atoms with Gasteiger partial charge in [-0.05, 0) is 36.9 Å². The maximum atomic E-state index is 11.6. The monoisotopic (exact) mass is 705 g/mol. The fraction of sp³-hybridized carbons (Fsp3) is 0.0909. The van der Waals surface area contributed by atoms with Crippen LogP contribution in [0.15, 0.2) is 85.1 Å². The van der Waals surface area contributed by atoms with Crippen LogP contribution < -0.4 is 0 Å². The molecule has 0 fully saturated rings. The number of aromatic nitrogens is 3. The van der Waals surface area contributed by atoms with Gasteiger partial charge in [0.1, 0.15) is 11.6 Å². The number of rotatable bonds is 3. The van der Waals surface area contributed by atoms with Gasteiger partial charge in [-0.25, -0.2) is 4.98 Å². The zero-order chi connectivity index (χ0) is 26.0. The summed E-state index contributed by atoms with van der Waals surface area (Å²) in [6.07, 6.45) is 1.80. The van der Waals surface area contributed by atoms with Crippen molar-refractivity contribution < 1.29 is 26.2 Å². The van der Waals surface area contributed by atoms with E-state index in [4.69, 9.17) is 4.98 Å². The molecule has 194 valence electrons. The molecule has 0 radical (unpaired) electrons. The van der Waals surface area contributed by atoms with Crippen molar-refractivity contribution in [3.05, 3.63) is 102 Å². The third-order valence-electron chi connectivity index (χ3n) is 7.46. The van der Waals surface area contributed by atoms with Crippen LogP contribution in [0.1, 0.15) is 10.4 Å². The van der Waals surface area contributed by atoms with Gasteiger partial charge in [0.2, 0.25) is 0 Å². The van der Waals surface area contributed by atoms with Gasteiger partial charge in [-0.2, -0.15) is 0 Å². The quantitative estimate of drug-likeness (QED) is 0.188. The van der Waals surface area contributed by atoms with Gasteiger partial charge in [-0.1, -0.05) is 59.7 Å². The number of thiophene rings is 1. The number of hydrogen-bond donors (Lipinski definition) is 1. The third-order valence-corrected chi connectivity index (χ3v) is 8.69. The van der Waals surface area contributed by atoms with Crippen molar-refractivity contribution in [1.29, 1.82) is 0 Å². The number of imidazole rings is 1. The summed E-state index contributed by atoms with van der Waals surface area (Å²) >= 11 is 1.72. The summed E-state index contributed by atoms with van der Waals surface area (Å²) in [5.41, 5.74) is 7.70.